The lowest BCUT2D eigenvalue weighted by Crippen LogP contribution is -2.26. The summed E-state index contributed by atoms with van der Waals surface area (Å²) < 4.78 is 0. The first-order chi connectivity index (χ1) is 10.0. The molecule has 0 amide bonds. The summed E-state index contributed by atoms with van der Waals surface area (Å²) >= 11 is 0. The van der Waals surface area contributed by atoms with Gasteiger partial charge in [0.1, 0.15) is 0 Å². The Morgan fingerprint density at radius 3 is 2.50 bits per heavy atom. The third-order valence-electron chi connectivity index (χ3n) is 4.46. The first kappa shape index (κ1) is 16.8. The van der Waals surface area contributed by atoms with Crippen LogP contribution in [0.1, 0.15) is 29.7 Å². The van der Waals surface area contributed by atoms with Crippen LogP contribution in [0.5, 0.6) is 11.5 Å². The Kier molecular flexibility index (Phi) is 4.83. The number of nitrogens with zero attached hydrogens (tertiary/aromatic N) is 1. The maximum absolute atomic E-state index is 10.3. The molecule has 1 aliphatic rings. The predicted octanol–water partition coefficient (Wildman–Crippen LogP) is 4.06. The summed E-state index contributed by atoms with van der Waals surface area (Å²) in [5.74, 6) is -0.0517. The maximum atomic E-state index is 10.3. The van der Waals surface area contributed by atoms with Crippen molar-refractivity contribution in [1.82, 2.24) is 4.90 Å². The first-order valence-corrected chi connectivity index (χ1v) is 7.37. The Morgan fingerprint density at radius 1 is 1.14 bits per heavy atom. The fourth-order valence-corrected chi connectivity index (χ4v) is 3.38. The third-order valence-corrected chi connectivity index (χ3v) is 4.46. The van der Waals surface area contributed by atoms with Crippen LogP contribution in [-0.4, -0.2) is 29.2 Å². The zero-order chi connectivity index (χ0) is 15.1. The standard InChI is InChI=1S/C18H21NO2.BrH/c1-4-11-6-5-7-13-16(11)14(19(2)3)10-12-8-9-15(20)18(21)17(12)13;/h5-9,14,20-21H,4,10H2,1-3H3;1H. The van der Waals surface area contributed by atoms with E-state index in [-0.39, 0.29) is 28.5 Å². The minimum absolute atomic E-state index is 0. The van der Waals surface area contributed by atoms with Gasteiger partial charge in [0, 0.05) is 11.6 Å². The van der Waals surface area contributed by atoms with E-state index in [1.54, 1.807) is 6.07 Å². The number of phenolic OH excluding ortho intramolecular Hbond substituents is 2. The number of phenols is 2. The summed E-state index contributed by atoms with van der Waals surface area (Å²) in [6.07, 6.45) is 1.81. The highest BCUT2D eigenvalue weighted by Crippen LogP contribution is 2.48. The number of aryl methyl sites for hydroxylation is 1. The van der Waals surface area contributed by atoms with E-state index in [0.29, 0.717) is 6.04 Å². The summed E-state index contributed by atoms with van der Waals surface area (Å²) in [6, 6.07) is 10.0. The van der Waals surface area contributed by atoms with Gasteiger partial charge in [-0.1, -0.05) is 31.2 Å². The minimum atomic E-state index is -0.0510. The van der Waals surface area contributed by atoms with Crippen LogP contribution in [0.4, 0.5) is 0 Å². The summed E-state index contributed by atoms with van der Waals surface area (Å²) in [7, 11) is 4.18. The van der Waals surface area contributed by atoms with Gasteiger partial charge in [0.25, 0.3) is 0 Å². The molecule has 1 aliphatic carbocycles. The van der Waals surface area contributed by atoms with Crippen molar-refractivity contribution in [1.29, 1.82) is 0 Å². The molecule has 0 saturated carbocycles. The molecule has 0 saturated heterocycles. The molecular weight excluding hydrogens is 342 g/mol. The molecule has 118 valence electrons. The van der Waals surface area contributed by atoms with E-state index in [2.05, 4.69) is 32.0 Å². The first-order valence-electron chi connectivity index (χ1n) is 7.37. The van der Waals surface area contributed by atoms with Crippen LogP contribution >= 0.6 is 17.0 Å². The largest absolute Gasteiger partial charge is 0.504 e. The van der Waals surface area contributed by atoms with Crippen LogP contribution in [0, 0.1) is 0 Å². The Hall–Kier alpha value is -1.52. The van der Waals surface area contributed by atoms with Gasteiger partial charge < -0.3 is 15.1 Å². The fourth-order valence-electron chi connectivity index (χ4n) is 3.38. The van der Waals surface area contributed by atoms with Crippen molar-refractivity contribution in [2.24, 2.45) is 0 Å². The number of benzene rings is 2. The van der Waals surface area contributed by atoms with Crippen molar-refractivity contribution in [2.75, 3.05) is 14.1 Å². The zero-order valence-corrected chi connectivity index (χ0v) is 14.8. The number of likely N-dealkylation sites (N-methyl/N-ethyl adjacent to an activating group) is 1. The number of hydrogen-bond donors (Lipinski definition) is 2. The van der Waals surface area contributed by atoms with Crippen molar-refractivity contribution in [3.05, 3.63) is 47.0 Å². The van der Waals surface area contributed by atoms with Gasteiger partial charge in [-0.05, 0) is 55.3 Å². The van der Waals surface area contributed by atoms with Crippen molar-refractivity contribution < 1.29 is 10.2 Å². The molecule has 3 nitrogen and oxygen atoms in total. The molecule has 0 radical (unpaired) electrons. The molecule has 1 unspecified atom stereocenters. The highest BCUT2D eigenvalue weighted by Gasteiger charge is 2.30. The van der Waals surface area contributed by atoms with E-state index in [4.69, 9.17) is 0 Å². The summed E-state index contributed by atoms with van der Waals surface area (Å²) in [6.45, 7) is 2.15. The van der Waals surface area contributed by atoms with Crippen LogP contribution in [0.2, 0.25) is 0 Å². The van der Waals surface area contributed by atoms with E-state index >= 15 is 0 Å². The fraction of sp³-hybridized carbons (Fsp3) is 0.333. The topological polar surface area (TPSA) is 43.7 Å². The quantitative estimate of drug-likeness (QED) is 0.790. The smallest absolute Gasteiger partial charge is 0.165 e. The van der Waals surface area contributed by atoms with Gasteiger partial charge in [0.15, 0.2) is 11.5 Å². The second-order valence-electron chi connectivity index (χ2n) is 5.88. The van der Waals surface area contributed by atoms with Crippen molar-refractivity contribution in [3.8, 4) is 22.6 Å². The highest BCUT2D eigenvalue weighted by atomic mass is 79.9. The van der Waals surface area contributed by atoms with E-state index in [1.807, 2.05) is 18.2 Å². The van der Waals surface area contributed by atoms with Gasteiger partial charge in [0.2, 0.25) is 0 Å². The number of rotatable bonds is 2. The monoisotopic (exact) mass is 363 g/mol. The van der Waals surface area contributed by atoms with Gasteiger partial charge in [-0.2, -0.15) is 0 Å². The zero-order valence-electron chi connectivity index (χ0n) is 13.1. The molecule has 0 fully saturated rings. The van der Waals surface area contributed by atoms with E-state index < -0.39 is 0 Å². The van der Waals surface area contributed by atoms with Crippen molar-refractivity contribution >= 4 is 17.0 Å². The molecule has 3 rings (SSSR count). The number of hydrogen-bond acceptors (Lipinski definition) is 3. The number of aromatic hydroxyl groups is 2. The molecular formula is C18H22BrNO2. The second-order valence-corrected chi connectivity index (χ2v) is 5.88. The molecule has 1 atom stereocenters. The number of halogens is 1. The Balaban J connectivity index is 0.00000176. The lowest BCUT2D eigenvalue weighted by atomic mass is 9.79. The summed E-state index contributed by atoms with van der Waals surface area (Å²) in [5.41, 5.74) is 5.50. The van der Waals surface area contributed by atoms with E-state index in [9.17, 15) is 10.2 Å². The van der Waals surface area contributed by atoms with E-state index in [0.717, 1.165) is 29.5 Å². The van der Waals surface area contributed by atoms with Gasteiger partial charge in [-0.15, -0.1) is 17.0 Å². The maximum Gasteiger partial charge on any atom is 0.165 e. The summed E-state index contributed by atoms with van der Waals surface area (Å²) in [5, 5.41) is 20.2. The molecule has 2 aromatic carbocycles. The Morgan fingerprint density at radius 2 is 1.86 bits per heavy atom. The van der Waals surface area contributed by atoms with Crippen molar-refractivity contribution in [2.45, 2.75) is 25.8 Å². The molecule has 2 N–H and O–H groups in total. The summed E-state index contributed by atoms with van der Waals surface area (Å²) in [4.78, 5) is 2.23. The molecule has 4 heteroatoms. The Bertz CT molecular complexity index is 698. The highest BCUT2D eigenvalue weighted by molar-refractivity contribution is 8.93. The van der Waals surface area contributed by atoms with Crippen molar-refractivity contribution in [3.63, 3.8) is 0 Å². The molecule has 22 heavy (non-hydrogen) atoms. The van der Waals surface area contributed by atoms with Crippen LogP contribution in [0.3, 0.4) is 0 Å². The molecule has 0 spiro atoms. The minimum Gasteiger partial charge on any atom is -0.504 e. The van der Waals surface area contributed by atoms with Gasteiger partial charge in [-0.25, -0.2) is 0 Å². The predicted molar refractivity (Wildman–Crippen MR) is 95.0 cm³/mol. The molecule has 0 heterocycles. The van der Waals surface area contributed by atoms with Crippen LogP contribution in [0.15, 0.2) is 30.3 Å². The lowest BCUT2D eigenvalue weighted by molar-refractivity contribution is 0.294. The molecule has 0 aliphatic heterocycles. The van der Waals surface area contributed by atoms with Gasteiger partial charge >= 0.3 is 0 Å². The van der Waals surface area contributed by atoms with Gasteiger partial charge in [0.05, 0.1) is 0 Å². The molecule has 0 bridgehead atoms. The van der Waals surface area contributed by atoms with E-state index in [1.165, 1.54) is 11.1 Å². The average molecular weight is 364 g/mol. The normalized spacial score (nSPS) is 15.9. The lowest BCUT2D eigenvalue weighted by Gasteiger charge is -2.34. The molecule has 0 aromatic heterocycles. The average Bonchev–Trinajstić information content (AvgIpc) is 2.48. The van der Waals surface area contributed by atoms with Crippen LogP contribution < -0.4 is 0 Å². The Labute approximate surface area is 142 Å². The third kappa shape index (κ3) is 2.50. The molecule has 2 aromatic rings. The van der Waals surface area contributed by atoms with Crippen LogP contribution in [0.25, 0.3) is 11.1 Å². The SMILES string of the molecule is Br.CCc1cccc2c1C(N(C)C)Cc1ccc(O)c(O)c1-2. The van der Waals surface area contributed by atoms with Crippen LogP contribution in [-0.2, 0) is 12.8 Å². The second kappa shape index (κ2) is 6.31. The van der Waals surface area contributed by atoms with Gasteiger partial charge in [-0.3, -0.25) is 0 Å². The number of fused-ring (bicyclic) bond motifs is 3.